The van der Waals surface area contributed by atoms with Gasteiger partial charge in [0.1, 0.15) is 0 Å². The van der Waals surface area contributed by atoms with E-state index in [9.17, 15) is 4.39 Å². The highest BCUT2D eigenvalue weighted by atomic mass is 32.1. The second kappa shape index (κ2) is 6.95. The minimum absolute atomic E-state index is 0.0475. The Morgan fingerprint density at radius 3 is 2.71 bits per heavy atom. The van der Waals surface area contributed by atoms with Crippen LogP contribution in [0.1, 0.15) is 31.3 Å². The molecule has 4 nitrogen and oxygen atoms in total. The summed E-state index contributed by atoms with van der Waals surface area (Å²) in [7, 11) is 0. The van der Waals surface area contributed by atoms with Crippen LogP contribution in [0.15, 0.2) is 23.8 Å². The number of anilines is 1. The molecule has 2 heterocycles. The number of halogens is 1. The van der Waals surface area contributed by atoms with Gasteiger partial charge in [0.2, 0.25) is 0 Å². The second-order valence-electron chi connectivity index (χ2n) is 5.84. The van der Waals surface area contributed by atoms with E-state index < -0.39 is 0 Å². The fourth-order valence-electron chi connectivity index (χ4n) is 1.77. The van der Waals surface area contributed by atoms with Crippen LogP contribution in [0, 0.1) is 5.82 Å². The molecule has 0 fully saturated rings. The van der Waals surface area contributed by atoms with Crippen molar-refractivity contribution in [2.24, 2.45) is 0 Å². The van der Waals surface area contributed by atoms with Crippen LogP contribution in [-0.4, -0.2) is 22.1 Å². The number of aromatic nitrogens is 2. The Hall–Kier alpha value is -1.53. The van der Waals surface area contributed by atoms with E-state index in [1.165, 1.54) is 0 Å². The van der Waals surface area contributed by atoms with Crippen molar-refractivity contribution in [2.75, 3.05) is 11.9 Å². The van der Waals surface area contributed by atoms with Gasteiger partial charge in [-0.1, -0.05) is 0 Å². The van der Waals surface area contributed by atoms with Crippen LogP contribution in [0.2, 0.25) is 0 Å². The van der Waals surface area contributed by atoms with Crippen LogP contribution in [-0.2, 0) is 13.0 Å². The molecule has 0 saturated carbocycles. The summed E-state index contributed by atoms with van der Waals surface area (Å²) in [6, 6.07) is 1.71. The predicted molar refractivity (Wildman–Crippen MR) is 85.1 cm³/mol. The van der Waals surface area contributed by atoms with Gasteiger partial charge >= 0.3 is 0 Å². The molecule has 21 heavy (non-hydrogen) atoms. The molecule has 0 spiro atoms. The highest BCUT2D eigenvalue weighted by molar-refractivity contribution is 7.09. The molecule has 0 aliphatic rings. The second-order valence-corrected chi connectivity index (χ2v) is 6.82. The molecule has 0 atom stereocenters. The minimum Gasteiger partial charge on any atom is -0.367 e. The predicted octanol–water partition coefficient (Wildman–Crippen LogP) is 3.22. The van der Waals surface area contributed by atoms with Gasteiger partial charge in [0.25, 0.3) is 0 Å². The SMILES string of the molecule is CC(C)(C)NCc1ccnc(NCCc2nccs2)c1F. The standard InChI is InChI=1S/C15H21FN4S/c1-15(2,3)20-10-11-4-6-18-14(13(11)16)19-7-5-12-17-8-9-21-12/h4,6,8-9,20H,5,7,10H2,1-3H3,(H,18,19). The van der Waals surface area contributed by atoms with Gasteiger partial charge in [0.05, 0.1) is 5.01 Å². The van der Waals surface area contributed by atoms with Crippen LogP contribution >= 0.6 is 11.3 Å². The van der Waals surface area contributed by atoms with E-state index in [-0.39, 0.29) is 11.4 Å². The van der Waals surface area contributed by atoms with E-state index in [0.717, 1.165) is 11.4 Å². The molecule has 0 bridgehead atoms. The normalized spacial score (nSPS) is 11.6. The average Bonchev–Trinajstić information content (AvgIpc) is 2.91. The zero-order chi connectivity index (χ0) is 15.3. The molecule has 0 amide bonds. The summed E-state index contributed by atoms with van der Waals surface area (Å²) in [5.74, 6) is 0.0214. The van der Waals surface area contributed by atoms with Crippen molar-refractivity contribution in [3.8, 4) is 0 Å². The fourth-order valence-corrected chi connectivity index (χ4v) is 2.39. The Morgan fingerprint density at radius 1 is 1.24 bits per heavy atom. The van der Waals surface area contributed by atoms with Crippen LogP contribution < -0.4 is 10.6 Å². The number of hydrogen-bond acceptors (Lipinski definition) is 5. The topological polar surface area (TPSA) is 49.8 Å². The number of pyridine rings is 1. The fraction of sp³-hybridized carbons (Fsp3) is 0.467. The Bertz CT molecular complexity index is 564. The van der Waals surface area contributed by atoms with Crippen LogP contribution in [0.4, 0.5) is 10.2 Å². The zero-order valence-electron chi connectivity index (χ0n) is 12.6. The van der Waals surface area contributed by atoms with E-state index in [0.29, 0.717) is 24.5 Å². The third kappa shape index (κ3) is 5.06. The van der Waals surface area contributed by atoms with Crippen molar-refractivity contribution in [1.82, 2.24) is 15.3 Å². The first kappa shape index (κ1) is 15.9. The first-order chi connectivity index (χ1) is 9.96. The Morgan fingerprint density at radius 2 is 2.05 bits per heavy atom. The highest BCUT2D eigenvalue weighted by Gasteiger charge is 2.13. The molecule has 6 heteroatoms. The smallest absolute Gasteiger partial charge is 0.169 e. The first-order valence-electron chi connectivity index (χ1n) is 6.96. The molecule has 0 aliphatic heterocycles. The summed E-state index contributed by atoms with van der Waals surface area (Å²) in [5, 5.41) is 9.30. The molecule has 2 N–H and O–H groups in total. The summed E-state index contributed by atoms with van der Waals surface area (Å²) < 4.78 is 14.3. The molecule has 0 aromatic carbocycles. The molecule has 2 aromatic rings. The van der Waals surface area contributed by atoms with Crippen LogP contribution in [0.5, 0.6) is 0 Å². The quantitative estimate of drug-likeness (QED) is 0.860. The zero-order valence-corrected chi connectivity index (χ0v) is 13.4. The lowest BCUT2D eigenvalue weighted by Gasteiger charge is -2.21. The molecule has 2 aromatic heterocycles. The number of nitrogens with one attached hydrogen (secondary N) is 2. The Kier molecular flexibility index (Phi) is 5.25. The van der Waals surface area contributed by atoms with Crippen LogP contribution in [0.25, 0.3) is 0 Å². The summed E-state index contributed by atoms with van der Waals surface area (Å²) in [4.78, 5) is 8.27. The van der Waals surface area contributed by atoms with Crippen LogP contribution in [0.3, 0.4) is 0 Å². The summed E-state index contributed by atoms with van der Waals surface area (Å²) >= 11 is 1.60. The highest BCUT2D eigenvalue weighted by Crippen LogP contribution is 2.16. The van der Waals surface area contributed by atoms with E-state index in [2.05, 4.69) is 41.4 Å². The maximum Gasteiger partial charge on any atom is 0.169 e. The number of hydrogen-bond donors (Lipinski definition) is 2. The summed E-state index contributed by atoms with van der Waals surface area (Å²) in [6.07, 6.45) is 4.18. The molecule has 0 saturated heterocycles. The van der Waals surface area contributed by atoms with E-state index in [4.69, 9.17) is 0 Å². The van der Waals surface area contributed by atoms with Gasteiger partial charge in [-0.2, -0.15) is 0 Å². The van der Waals surface area contributed by atoms with Gasteiger partial charge in [0, 0.05) is 48.4 Å². The van der Waals surface area contributed by atoms with Gasteiger partial charge in [-0.3, -0.25) is 0 Å². The van der Waals surface area contributed by atoms with Crippen molar-refractivity contribution in [1.29, 1.82) is 0 Å². The molecule has 0 aliphatic carbocycles. The number of thiazole rings is 1. The first-order valence-corrected chi connectivity index (χ1v) is 7.84. The maximum absolute atomic E-state index is 14.3. The molecule has 2 rings (SSSR count). The van der Waals surface area contributed by atoms with Crippen molar-refractivity contribution >= 4 is 17.2 Å². The monoisotopic (exact) mass is 308 g/mol. The third-order valence-corrected chi connectivity index (χ3v) is 3.73. The molecule has 0 unspecified atom stereocenters. The summed E-state index contributed by atoms with van der Waals surface area (Å²) in [6.45, 7) is 7.27. The largest absolute Gasteiger partial charge is 0.367 e. The number of nitrogens with zero attached hydrogens (tertiary/aromatic N) is 2. The third-order valence-electron chi connectivity index (χ3n) is 2.89. The van der Waals surface area contributed by atoms with Crippen molar-refractivity contribution in [2.45, 2.75) is 39.3 Å². The van der Waals surface area contributed by atoms with Crippen molar-refractivity contribution in [3.05, 3.63) is 40.2 Å². The molecular weight excluding hydrogens is 287 g/mol. The van der Waals surface area contributed by atoms with Crippen molar-refractivity contribution < 1.29 is 4.39 Å². The van der Waals surface area contributed by atoms with E-state index >= 15 is 0 Å². The number of rotatable bonds is 6. The van der Waals surface area contributed by atoms with Gasteiger partial charge in [-0.05, 0) is 26.8 Å². The molecular formula is C15H21FN4S. The molecule has 0 radical (unpaired) electrons. The Labute approximate surface area is 128 Å². The minimum atomic E-state index is -0.284. The van der Waals surface area contributed by atoms with Gasteiger partial charge in [-0.25, -0.2) is 14.4 Å². The Balaban J connectivity index is 1.93. The summed E-state index contributed by atoms with van der Waals surface area (Å²) in [5.41, 5.74) is 0.574. The van der Waals surface area contributed by atoms with Gasteiger partial charge in [-0.15, -0.1) is 11.3 Å². The maximum atomic E-state index is 14.3. The van der Waals surface area contributed by atoms with E-state index in [1.807, 2.05) is 5.38 Å². The van der Waals surface area contributed by atoms with Gasteiger partial charge < -0.3 is 10.6 Å². The lowest BCUT2D eigenvalue weighted by Crippen LogP contribution is -2.35. The van der Waals surface area contributed by atoms with Crippen molar-refractivity contribution in [3.63, 3.8) is 0 Å². The molecule has 114 valence electrons. The lowest BCUT2D eigenvalue weighted by atomic mass is 10.1. The lowest BCUT2D eigenvalue weighted by molar-refractivity contribution is 0.418. The average molecular weight is 308 g/mol. The van der Waals surface area contributed by atoms with E-state index in [1.54, 1.807) is 29.8 Å². The van der Waals surface area contributed by atoms with Gasteiger partial charge in [0.15, 0.2) is 11.6 Å².